The molecule has 0 unspecified atom stereocenters. The summed E-state index contributed by atoms with van der Waals surface area (Å²) in [6, 6.07) is 33.5. The van der Waals surface area contributed by atoms with E-state index in [-0.39, 0.29) is 0 Å². The quantitative estimate of drug-likeness (QED) is 0.197. The molecule has 6 heterocycles. The van der Waals surface area contributed by atoms with Gasteiger partial charge >= 0.3 is 0 Å². The third kappa shape index (κ3) is 3.52. The van der Waals surface area contributed by atoms with Crippen molar-refractivity contribution in [2.24, 2.45) is 9.98 Å². The molecule has 0 bridgehead atoms. The normalized spacial score (nSPS) is 13.4. The molecule has 8 aromatic rings. The number of aliphatic imine (C=N–C) groups is 2. The van der Waals surface area contributed by atoms with Gasteiger partial charge in [-0.1, -0.05) is 60.7 Å². The molecule has 0 saturated carbocycles. The van der Waals surface area contributed by atoms with Gasteiger partial charge in [-0.2, -0.15) is 0 Å². The standard InChI is InChI=1S/C38H23N7/c1-2-12-31-25(8-1)26-11-5-19-41-37(26)45(31)38-29-15-13-24-14-16-30(27-9-3-6-22-17-20-39-32(22)27)42-34(24)35(29)43-36(44-38)28-10-4-7-23-18-21-40-33(23)28/h1-16,19-21H,17-18H2. The van der Waals surface area contributed by atoms with Gasteiger partial charge in [-0.25, -0.2) is 19.9 Å². The molecule has 0 atom stereocenters. The molecule has 2 aliphatic rings. The molecule has 0 spiro atoms. The third-order valence-electron chi connectivity index (χ3n) is 8.97. The van der Waals surface area contributed by atoms with Crippen molar-refractivity contribution in [2.45, 2.75) is 12.8 Å². The van der Waals surface area contributed by atoms with Gasteiger partial charge in [0.25, 0.3) is 0 Å². The van der Waals surface area contributed by atoms with Crippen LogP contribution in [-0.4, -0.2) is 36.9 Å². The second-order valence-corrected chi connectivity index (χ2v) is 11.5. The van der Waals surface area contributed by atoms with Gasteiger partial charge in [0.2, 0.25) is 0 Å². The molecular formula is C38H23N7. The third-order valence-corrected chi connectivity index (χ3v) is 8.97. The van der Waals surface area contributed by atoms with Gasteiger partial charge in [0, 0.05) is 64.1 Å². The summed E-state index contributed by atoms with van der Waals surface area (Å²) in [6.45, 7) is 0. The van der Waals surface area contributed by atoms with E-state index in [4.69, 9.17) is 29.9 Å². The van der Waals surface area contributed by atoms with Gasteiger partial charge in [-0.15, -0.1) is 0 Å². The van der Waals surface area contributed by atoms with E-state index < -0.39 is 0 Å². The van der Waals surface area contributed by atoms with Crippen molar-refractivity contribution in [1.29, 1.82) is 0 Å². The number of fused-ring (bicyclic) bond motifs is 8. The van der Waals surface area contributed by atoms with E-state index in [9.17, 15) is 0 Å². The first-order chi connectivity index (χ1) is 22.3. The van der Waals surface area contributed by atoms with Crippen LogP contribution in [0.4, 0.5) is 11.4 Å². The van der Waals surface area contributed by atoms with Crippen molar-refractivity contribution >= 4 is 67.5 Å². The zero-order valence-electron chi connectivity index (χ0n) is 24.0. The topological polar surface area (TPSA) is 81.2 Å². The lowest BCUT2D eigenvalue weighted by Gasteiger charge is -2.15. The Labute approximate surface area is 257 Å². The summed E-state index contributed by atoms with van der Waals surface area (Å²) in [5.41, 5.74) is 10.6. The molecule has 45 heavy (non-hydrogen) atoms. The van der Waals surface area contributed by atoms with Crippen molar-refractivity contribution in [3.05, 3.63) is 114 Å². The highest BCUT2D eigenvalue weighted by Gasteiger charge is 2.22. The van der Waals surface area contributed by atoms with Gasteiger partial charge in [0.15, 0.2) is 11.6 Å². The first kappa shape index (κ1) is 24.4. The Morgan fingerprint density at radius 1 is 0.556 bits per heavy atom. The highest BCUT2D eigenvalue weighted by molar-refractivity contribution is 6.11. The maximum Gasteiger partial charge on any atom is 0.164 e. The lowest BCUT2D eigenvalue weighted by Crippen LogP contribution is -2.04. The van der Waals surface area contributed by atoms with Crippen LogP contribution < -0.4 is 0 Å². The Hall–Kier alpha value is -6.08. The minimum Gasteiger partial charge on any atom is -0.277 e. The molecule has 0 saturated heterocycles. The number of hydrogen-bond acceptors (Lipinski definition) is 6. The number of benzene rings is 4. The SMILES string of the molecule is C1=Nc2c(cccc2-c2ccc3ccc4c(-n5c6ccccc6c6cccnc65)nc(-c5cccc6c5N=CC6)nc4c3n2)C1. The molecule has 7 nitrogen and oxygen atoms in total. The summed E-state index contributed by atoms with van der Waals surface area (Å²) in [6.07, 6.45) is 7.41. The van der Waals surface area contributed by atoms with Crippen LogP contribution in [0.3, 0.4) is 0 Å². The maximum atomic E-state index is 5.32. The molecule has 0 fully saturated rings. The van der Waals surface area contributed by atoms with Crippen LogP contribution in [0.1, 0.15) is 11.1 Å². The summed E-state index contributed by atoms with van der Waals surface area (Å²) in [5.74, 6) is 1.37. The van der Waals surface area contributed by atoms with Crippen LogP contribution in [0.25, 0.3) is 72.2 Å². The fourth-order valence-corrected chi connectivity index (χ4v) is 6.88. The highest BCUT2D eigenvalue weighted by Crippen LogP contribution is 2.40. The Morgan fingerprint density at radius 3 is 2.18 bits per heavy atom. The average Bonchev–Trinajstić information content (AvgIpc) is 3.85. The van der Waals surface area contributed by atoms with Crippen molar-refractivity contribution in [1.82, 2.24) is 24.5 Å². The van der Waals surface area contributed by atoms with Crippen LogP contribution >= 0.6 is 0 Å². The predicted octanol–water partition coefficient (Wildman–Crippen LogP) is 8.52. The van der Waals surface area contributed by atoms with Crippen molar-refractivity contribution in [2.75, 3.05) is 0 Å². The molecule has 0 aliphatic carbocycles. The summed E-state index contributed by atoms with van der Waals surface area (Å²) < 4.78 is 2.17. The van der Waals surface area contributed by atoms with E-state index in [1.165, 1.54) is 11.1 Å². The van der Waals surface area contributed by atoms with Gasteiger partial charge in [-0.05, 0) is 47.5 Å². The molecule has 2 aliphatic heterocycles. The monoisotopic (exact) mass is 577 g/mol. The fraction of sp³-hybridized carbons (Fsp3) is 0.0526. The number of para-hydroxylation sites is 3. The minimum atomic E-state index is 0.611. The number of rotatable bonds is 3. The molecule has 7 heteroatoms. The molecule has 10 rings (SSSR count). The lowest BCUT2D eigenvalue weighted by molar-refractivity contribution is 1.06. The van der Waals surface area contributed by atoms with Gasteiger partial charge in [0.05, 0.1) is 28.1 Å². The zero-order chi connectivity index (χ0) is 29.5. The van der Waals surface area contributed by atoms with E-state index in [0.29, 0.717) is 5.82 Å². The molecule has 0 radical (unpaired) electrons. The summed E-state index contributed by atoms with van der Waals surface area (Å²) in [5, 5.41) is 4.11. The van der Waals surface area contributed by atoms with Crippen molar-refractivity contribution in [3.63, 3.8) is 0 Å². The highest BCUT2D eigenvalue weighted by atomic mass is 15.1. The Balaban J connectivity index is 1.34. The lowest BCUT2D eigenvalue weighted by atomic mass is 10.0. The van der Waals surface area contributed by atoms with Crippen LogP contribution in [0, 0.1) is 0 Å². The maximum absolute atomic E-state index is 5.32. The fourth-order valence-electron chi connectivity index (χ4n) is 6.88. The molecule has 210 valence electrons. The Bertz CT molecular complexity index is 2560. The number of aromatic nitrogens is 5. The zero-order valence-corrected chi connectivity index (χ0v) is 24.0. The number of nitrogens with zero attached hydrogens (tertiary/aromatic N) is 7. The van der Waals surface area contributed by atoms with E-state index >= 15 is 0 Å². The largest absolute Gasteiger partial charge is 0.277 e. The first-order valence-electron chi connectivity index (χ1n) is 15.1. The summed E-state index contributed by atoms with van der Waals surface area (Å²) in [4.78, 5) is 30.2. The van der Waals surface area contributed by atoms with Crippen LogP contribution in [0.5, 0.6) is 0 Å². The number of hydrogen-bond donors (Lipinski definition) is 0. The number of pyridine rings is 2. The van der Waals surface area contributed by atoms with Crippen molar-refractivity contribution < 1.29 is 0 Å². The van der Waals surface area contributed by atoms with Crippen molar-refractivity contribution in [3.8, 4) is 28.5 Å². The van der Waals surface area contributed by atoms with E-state index in [1.807, 2.05) is 24.7 Å². The summed E-state index contributed by atoms with van der Waals surface area (Å²) in [7, 11) is 0. The molecular weight excluding hydrogens is 554 g/mol. The van der Waals surface area contributed by atoms with Crippen LogP contribution in [0.15, 0.2) is 113 Å². The molecule has 0 amide bonds. The Morgan fingerprint density at radius 2 is 1.31 bits per heavy atom. The smallest absolute Gasteiger partial charge is 0.164 e. The second kappa shape index (κ2) is 9.21. The second-order valence-electron chi connectivity index (χ2n) is 11.5. The molecule has 4 aromatic carbocycles. The van der Waals surface area contributed by atoms with Gasteiger partial charge in [0.1, 0.15) is 11.2 Å². The van der Waals surface area contributed by atoms with Crippen LogP contribution in [-0.2, 0) is 12.8 Å². The van der Waals surface area contributed by atoms with Crippen LogP contribution in [0.2, 0.25) is 0 Å². The van der Waals surface area contributed by atoms with Gasteiger partial charge in [-0.3, -0.25) is 14.6 Å². The molecule has 0 N–H and O–H groups in total. The predicted molar refractivity (Wildman–Crippen MR) is 182 cm³/mol. The van der Waals surface area contributed by atoms with E-state index in [1.54, 1.807) is 0 Å². The summed E-state index contributed by atoms with van der Waals surface area (Å²) >= 11 is 0. The molecule has 4 aromatic heterocycles. The van der Waals surface area contributed by atoms with E-state index in [0.717, 1.165) is 90.6 Å². The van der Waals surface area contributed by atoms with E-state index in [2.05, 4.69) is 95.6 Å². The Kier molecular flexibility index (Phi) is 4.99. The first-order valence-corrected chi connectivity index (χ1v) is 15.1. The minimum absolute atomic E-state index is 0.611. The van der Waals surface area contributed by atoms with Gasteiger partial charge < -0.3 is 0 Å². The average molecular weight is 578 g/mol.